The van der Waals surface area contributed by atoms with Crippen LogP contribution in [0.3, 0.4) is 0 Å². The van der Waals surface area contributed by atoms with Crippen molar-refractivity contribution in [2.45, 2.75) is 13.0 Å². The molecule has 0 saturated carbocycles. The Morgan fingerprint density at radius 3 is 3.05 bits per heavy atom. The van der Waals surface area contributed by atoms with Crippen LogP contribution in [-0.4, -0.2) is 15.6 Å². The second-order valence-electron chi connectivity index (χ2n) is 4.22. The van der Waals surface area contributed by atoms with Gasteiger partial charge in [0.25, 0.3) is 0 Å². The number of rotatable bonds is 2. The number of carbonyl (C=O) groups is 1. The first kappa shape index (κ1) is 13.1. The highest BCUT2D eigenvalue weighted by Gasteiger charge is 2.10. The van der Waals surface area contributed by atoms with Crippen LogP contribution in [0.2, 0.25) is 5.02 Å². The van der Waals surface area contributed by atoms with E-state index in [1.807, 2.05) is 6.08 Å². The lowest BCUT2D eigenvalue weighted by Crippen LogP contribution is -2.26. The topological polar surface area (TPSA) is 56.4 Å². The van der Waals surface area contributed by atoms with Crippen molar-refractivity contribution in [3.05, 3.63) is 49.3 Å². The zero-order valence-electron chi connectivity index (χ0n) is 10.3. The van der Waals surface area contributed by atoms with Gasteiger partial charge in [-0.1, -0.05) is 17.7 Å². The third kappa shape index (κ3) is 2.28. The van der Waals surface area contributed by atoms with Gasteiger partial charge in [0.15, 0.2) is 6.29 Å². The largest absolute Gasteiger partial charge is 0.329 e. The summed E-state index contributed by atoms with van der Waals surface area (Å²) >= 11 is 6.90. The minimum absolute atomic E-state index is 0.0960. The molecule has 0 radical (unpaired) electrons. The number of aromatic nitrogens is 2. The fraction of sp³-hybridized carbons (Fsp3) is 0.154. The summed E-state index contributed by atoms with van der Waals surface area (Å²) in [6.45, 7) is 0.693. The van der Waals surface area contributed by atoms with Crippen molar-refractivity contribution in [1.82, 2.24) is 9.36 Å². The molecule has 0 atom stereocenters. The summed E-state index contributed by atoms with van der Waals surface area (Å²) in [4.78, 5) is 27.8. The number of allylic oxidation sites excluding steroid dienone is 1. The zero-order chi connectivity index (χ0) is 14.1. The number of halogens is 1. The molecular weight excluding hydrogens is 298 g/mol. The highest BCUT2D eigenvalue weighted by atomic mass is 35.5. The highest BCUT2D eigenvalue weighted by molar-refractivity contribution is 7.06. The van der Waals surface area contributed by atoms with E-state index in [2.05, 4.69) is 4.99 Å². The van der Waals surface area contributed by atoms with Crippen molar-refractivity contribution in [2.75, 3.05) is 0 Å². The summed E-state index contributed by atoms with van der Waals surface area (Å²) in [7, 11) is 0. The maximum Gasteiger partial charge on any atom is 0.329 e. The van der Waals surface area contributed by atoms with Crippen LogP contribution in [0.4, 0.5) is 5.69 Å². The quantitative estimate of drug-likeness (QED) is 0.799. The average molecular weight is 308 g/mol. The van der Waals surface area contributed by atoms with E-state index in [4.69, 9.17) is 11.6 Å². The van der Waals surface area contributed by atoms with Gasteiger partial charge in [-0.05, 0) is 36.0 Å². The van der Waals surface area contributed by atoms with Crippen molar-refractivity contribution in [3.8, 4) is 0 Å². The van der Waals surface area contributed by atoms with Gasteiger partial charge in [-0.15, -0.1) is 0 Å². The van der Waals surface area contributed by atoms with Crippen molar-refractivity contribution in [3.63, 3.8) is 0 Å². The molecule has 3 rings (SSSR count). The Morgan fingerprint density at radius 2 is 2.25 bits per heavy atom. The summed E-state index contributed by atoms with van der Waals surface area (Å²) in [5.74, 6) is 0. The van der Waals surface area contributed by atoms with Crippen LogP contribution >= 0.6 is 22.9 Å². The number of nitrogens with zero attached hydrogens (tertiary/aromatic N) is 3. The van der Waals surface area contributed by atoms with Gasteiger partial charge in [-0.2, -0.15) is 0 Å². The van der Waals surface area contributed by atoms with Crippen molar-refractivity contribution in [1.29, 1.82) is 0 Å². The number of fused-ring (bicyclic) bond motifs is 1. The fourth-order valence-corrected chi connectivity index (χ4v) is 3.01. The monoisotopic (exact) mass is 307 g/mol. The van der Waals surface area contributed by atoms with Crippen LogP contribution in [0.5, 0.6) is 0 Å². The summed E-state index contributed by atoms with van der Waals surface area (Å²) in [5, 5.41) is 0.480. The Kier molecular flexibility index (Phi) is 3.42. The highest BCUT2D eigenvalue weighted by Crippen LogP contribution is 2.21. The maximum absolute atomic E-state index is 11.8. The van der Waals surface area contributed by atoms with E-state index in [-0.39, 0.29) is 4.87 Å². The number of benzene rings is 1. The Balaban J connectivity index is 2.21. The summed E-state index contributed by atoms with van der Waals surface area (Å²) in [6, 6.07) is 4.90. The number of hydrogen-bond donors (Lipinski definition) is 0. The van der Waals surface area contributed by atoms with Gasteiger partial charge >= 0.3 is 4.87 Å². The van der Waals surface area contributed by atoms with Crippen LogP contribution in [-0.2, 0) is 6.54 Å². The van der Waals surface area contributed by atoms with Gasteiger partial charge < -0.3 is 0 Å². The standard InChI is InChI=1S/C13H10ClN3O2S/c14-10-3-4-11(9(7-10)8-18)15-12-16-5-1-2-6-17(16)13(19)20-12/h2-4,6-8H,1,5H2. The van der Waals surface area contributed by atoms with Crippen LogP contribution in [0.15, 0.2) is 34.1 Å². The van der Waals surface area contributed by atoms with Crippen molar-refractivity contribution in [2.24, 2.45) is 4.99 Å². The number of carbonyl (C=O) groups excluding carboxylic acids is 1. The molecule has 1 aliphatic rings. The molecule has 2 aromatic rings. The number of aldehydes is 1. The van der Waals surface area contributed by atoms with Gasteiger partial charge in [0.05, 0.1) is 5.69 Å². The van der Waals surface area contributed by atoms with Gasteiger partial charge in [-0.3, -0.25) is 14.3 Å². The minimum atomic E-state index is -0.0960. The van der Waals surface area contributed by atoms with Crippen LogP contribution in [0.25, 0.3) is 6.20 Å². The molecule has 102 valence electrons. The second-order valence-corrected chi connectivity index (χ2v) is 5.58. The van der Waals surface area contributed by atoms with Gasteiger partial charge in [-0.25, -0.2) is 9.67 Å². The molecule has 0 aliphatic carbocycles. The molecule has 5 nitrogen and oxygen atoms in total. The van der Waals surface area contributed by atoms with E-state index in [1.165, 1.54) is 4.68 Å². The molecule has 1 aromatic heterocycles. The molecule has 0 spiro atoms. The summed E-state index contributed by atoms with van der Waals surface area (Å²) in [5.41, 5.74) is 0.917. The predicted molar refractivity (Wildman–Crippen MR) is 78.6 cm³/mol. The smallest absolute Gasteiger partial charge is 0.298 e. The molecule has 2 heterocycles. The fourth-order valence-electron chi connectivity index (χ4n) is 1.99. The third-order valence-corrected chi connectivity index (χ3v) is 4.01. The first-order valence-electron chi connectivity index (χ1n) is 5.97. The Labute approximate surface area is 123 Å². The first-order valence-corrected chi connectivity index (χ1v) is 7.17. The van der Waals surface area contributed by atoms with Crippen LogP contribution in [0.1, 0.15) is 16.8 Å². The maximum atomic E-state index is 11.8. The molecular formula is C13H10ClN3O2S. The molecule has 0 saturated heterocycles. The zero-order valence-corrected chi connectivity index (χ0v) is 11.9. The van der Waals surface area contributed by atoms with Gasteiger partial charge in [0, 0.05) is 23.3 Å². The van der Waals surface area contributed by atoms with Crippen LogP contribution in [0, 0.1) is 0 Å². The van der Waals surface area contributed by atoms with Crippen LogP contribution < -0.4 is 9.67 Å². The second kappa shape index (κ2) is 5.22. The van der Waals surface area contributed by atoms with E-state index in [0.717, 1.165) is 17.8 Å². The molecule has 0 unspecified atom stereocenters. The summed E-state index contributed by atoms with van der Waals surface area (Å²) in [6.07, 6.45) is 5.24. The lowest BCUT2D eigenvalue weighted by molar-refractivity contribution is 0.112. The lowest BCUT2D eigenvalue weighted by atomic mass is 10.2. The van der Waals surface area contributed by atoms with Gasteiger partial charge in [0.2, 0.25) is 4.80 Å². The van der Waals surface area contributed by atoms with E-state index in [1.54, 1.807) is 29.1 Å². The Bertz CT molecular complexity index is 829. The summed E-state index contributed by atoms with van der Waals surface area (Å²) < 4.78 is 3.33. The molecule has 0 fully saturated rings. The molecule has 1 aliphatic heterocycles. The molecule has 0 amide bonds. The molecule has 7 heteroatoms. The predicted octanol–water partition coefficient (Wildman–Crippen LogP) is 2.28. The Hall–Kier alpha value is -1.92. The average Bonchev–Trinajstić information content (AvgIpc) is 2.78. The minimum Gasteiger partial charge on any atom is -0.298 e. The molecule has 0 bridgehead atoms. The number of hydrogen-bond acceptors (Lipinski definition) is 4. The van der Waals surface area contributed by atoms with Crippen molar-refractivity contribution < 1.29 is 4.79 Å². The third-order valence-electron chi connectivity index (χ3n) is 2.93. The van der Waals surface area contributed by atoms with E-state index >= 15 is 0 Å². The molecule has 0 N–H and O–H groups in total. The Morgan fingerprint density at radius 1 is 1.40 bits per heavy atom. The van der Waals surface area contributed by atoms with E-state index in [9.17, 15) is 9.59 Å². The first-order chi connectivity index (χ1) is 9.69. The molecule has 20 heavy (non-hydrogen) atoms. The lowest BCUT2D eigenvalue weighted by Gasteiger charge is -2.10. The SMILES string of the molecule is O=Cc1cc(Cl)ccc1N=c1sc(=O)n2n1CCC=C2. The normalized spacial score (nSPS) is 14.3. The van der Waals surface area contributed by atoms with Crippen molar-refractivity contribution >= 4 is 41.1 Å². The molecule has 1 aromatic carbocycles. The van der Waals surface area contributed by atoms with E-state index in [0.29, 0.717) is 33.9 Å². The van der Waals surface area contributed by atoms with Gasteiger partial charge in [0.1, 0.15) is 0 Å². The van der Waals surface area contributed by atoms with E-state index < -0.39 is 0 Å².